The van der Waals surface area contributed by atoms with Crippen molar-refractivity contribution in [3.63, 3.8) is 0 Å². The summed E-state index contributed by atoms with van der Waals surface area (Å²) in [6, 6.07) is 8.65. The monoisotopic (exact) mass is 316 g/mol. The number of hydrogen-bond acceptors (Lipinski definition) is 3. The van der Waals surface area contributed by atoms with Gasteiger partial charge in [0.05, 0.1) is 17.9 Å². The third kappa shape index (κ3) is 3.94. The van der Waals surface area contributed by atoms with Crippen LogP contribution in [0, 0.1) is 5.82 Å². The molecule has 0 radical (unpaired) electrons. The molecule has 0 atom stereocenters. The first kappa shape index (κ1) is 15.2. The number of benzene rings is 1. The number of halogens is 1. The Kier molecular flexibility index (Phi) is 4.36. The van der Waals surface area contributed by atoms with Gasteiger partial charge in [0.1, 0.15) is 5.82 Å². The van der Waals surface area contributed by atoms with Crippen LogP contribution in [0.1, 0.15) is 24.5 Å². The number of amides is 2. The van der Waals surface area contributed by atoms with Crippen LogP contribution in [0.4, 0.5) is 14.9 Å². The molecule has 0 saturated heterocycles. The normalized spacial score (nSPS) is 13.6. The van der Waals surface area contributed by atoms with Crippen molar-refractivity contribution < 1.29 is 9.18 Å². The number of carbonyl (C=O) groups is 1. The maximum absolute atomic E-state index is 13.4. The number of para-hydroxylation sites is 1. The minimum atomic E-state index is -0.526. The molecule has 1 aromatic heterocycles. The SMILES string of the molecule is O=C(NCCn1nc(C2CC2)ccc1=O)Nc1ccccc1F. The topological polar surface area (TPSA) is 76.0 Å². The quantitative estimate of drug-likeness (QED) is 0.887. The second-order valence-corrected chi connectivity index (χ2v) is 5.45. The van der Waals surface area contributed by atoms with Gasteiger partial charge in [-0.3, -0.25) is 4.79 Å². The number of carbonyl (C=O) groups excluding carboxylic acids is 1. The molecule has 120 valence electrons. The molecule has 7 heteroatoms. The molecule has 1 fully saturated rings. The lowest BCUT2D eigenvalue weighted by atomic mass is 10.3. The van der Waals surface area contributed by atoms with Gasteiger partial charge in [-0.05, 0) is 31.0 Å². The molecule has 2 aromatic rings. The molecule has 0 aliphatic heterocycles. The van der Waals surface area contributed by atoms with E-state index in [-0.39, 0.29) is 24.3 Å². The van der Waals surface area contributed by atoms with Crippen LogP contribution in [0.2, 0.25) is 0 Å². The van der Waals surface area contributed by atoms with Crippen LogP contribution in [0.5, 0.6) is 0 Å². The molecule has 1 aliphatic rings. The Bertz CT molecular complexity index is 771. The van der Waals surface area contributed by atoms with E-state index in [0.717, 1.165) is 18.5 Å². The molecule has 1 saturated carbocycles. The lowest BCUT2D eigenvalue weighted by Crippen LogP contribution is -2.34. The summed E-state index contributed by atoms with van der Waals surface area (Å²) in [7, 11) is 0. The fraction of sp³-hybridized carbons (Fsp3) is 0.312. The molecule has 0 unspecified atom stereocenters. The number of hydrogen-bond donors (Lipinski definition) is 2. The van der Waals surface area contributed by atoms with E-state index < -0.39 is 11.8 Å². The zero-order valence-electron chi connectivity index (χ0n) is 12.5. The highest BCUT2D eigenvalue weighted by Crippen LogP contribution is 2.38. The molecule has 2 amide bonds. The fourth-order valence-electron chi connectivity index (χ4n) is 2.23. The number of nitrogens with zero attached hydrogens (tertiary/aromatic N) is 2. The van der Waals surface area contributed by atoms with E-state index in [1.807, 2.05) is 0 Å². The number of nitrogens with one attached hydrogen (secondary N) is 2. The van der Waals surface area contributed by atoms with Crippen molar-refractivity contribution in [1.29, 1.82) is 0 Å². The molecule has 1 aromatic carbocycles. The van der Waals surface area contributed by atoms with E-state index in [1.165, 1.54) is 22.9 Å². The summed E-state index contributed by atoms with van der Waals surface area (Å²) in [4.78, 5) is 23.5. The van der Waals surface area contributed by atoms with Gasteiger partial charge in [0.15, 0.2) is 0 Å². The summed E-state index contributed by atoms with van der Waals surface area (Å²) >= 11 is 0. The Labute approximate surface area is 132 Å². The number of urea groups is 1. The van der Waals surface area contributed by atoms with Gasteiger partial charge in [0.2, 0.25) is 0 Å². The summed E-state index contributed by atoms with van der Waals surface area (Å²) < 4.78 is 14.8. The van der Waals surface area contributed by atoms with Crippen LogP contribution in [0.25, 0.3) is 0 Å². The van der Waals surface area contributed by atoms with Crippen molar-refractivity contribution in [2.45, 2.75) is 25.3 Å². The highest BCUT2D eigenvalue weighted by atomic mass is 19.1. The van der Waals surface area contributed by atoms with E-state index >= 15 is 0 Å². The maximum Gasteiger partial charge on any atom is 0.319 e. The summed E-state index contributed by atoms with van der Waals surface area (Å²) in [5.41, 5.74) is 0.821. The van der Waals surface area contributed by atoms with Gasteiger partial charge in [-0.25, -0.2) is 13.9 Å². The average Bonchev–Trinajstić information content (AvgIpc) is 3.36. The summed E-state index contributed by atoms with van der Waals surface area (Å²) in [5, 5.41) is 9.30. The molecule has 1 aliphatic carbocycles. The van der Waals surface area contributed by atoms with Gasteiger partial charge in [0, 0.05) is 18.5 Å². The van der Waals surface area contributed by atoms with Gasteiger partial charge in [-0.2, -0.15) is 5.10 Å². The molecular formula is C16H17FN4O2. The fourth-order valence-corrected chi connectivity index (χ4v) is 2.23. The highest BCUT2D eigenvalue weighted by Gasteiger charge is 2.25. The van der Waals surface area contributed by atoms with E-state index in [2.05, 4.69) is 15.7 Å². The molecule has 6 nitrogen and oxygen atoms in total. The molecule has 0 spiro atoms. The van der Waals surface area contributed by atoms with E-state index in [0.29, 0.717) is 5.92 Å². The largest absolute Gasteiger partial charge is 0.336 e. The first-order valence-electron chi connectivity index (χ1n) is 7.51. The molecule has 23 heavy (non-hydrogen) atoms. The van der Waals surface area contributed by atoms with E-state index in [4.69, 9.17) is 0 Å². The zero-order chi connectivity index (χ0) is 16.2. The van der Waals surface area contributed by atoms with Crippen LogP contribution in [-0.4, -0.2) is 22.4 Å². The van der Waals surface area contributed by atoms with Crippen LogP contribution in [0.3, 0.4) is 0 Å². The lowest BCUT2D eigenvalue weighted by molar-refractivity contribution is 0.251. The van der Waals surface area contributed by atoms with Crippen LogP contribution in [-0.2, 0) is 6.54 Å². The van der Waals surface area contributed by atoms with Gasteiger partial charge < -0.3 is 10.6 Å². The Morgan fingerprint density at radius 2 is 2.04 bits per heavy atom. The minimum absolute atomic E-state index is 0.107. The summed E-state index contributed by atoms with van der Waals surface area (Å²) in [6.45, 7) is 0.491. The van der Waals surface area contributed by atoms with Crippen molar-refractivity contribution >= 4 is 11.7 Å². The van der Waals surface area contributed by atoms with E-state index in [9.17, 15) is 14.0 Å². The molecular weight excluding hydrogens is 299 g/mol. The Morgan fingerprint density at radius 3 is 2.78 bits per heavy atom. The Morgan fingerprint density at radius 1 is 1.26 bits per heavy atom. The summed E-state index contributed by atoms with van der Waals surface area (Å²) in [5.74, 6) is -0.0446. The maximum atomic E-state index is 13.4. The molecule has 3 rings (SSSR count). The van der Waals surface area contributed by atoms with Crippen molar-refractivity contribution in [2.75, 3.05) is 11.9 Å². The van der Waals surface area contributed by atoms with Gasteiger partial charge in [-0.15, -0.1) is 0 Å². The van der Waals surface area contributed by atoms with Crippen molar-refractivity contribution in [3.8, 4) is 0 Å². The smallest absolute Gasteiger partial charge is 0.319 e. The minimum Gasteiger partial charge on any atom is -0.336 e. The molecule has 1 heterocycles. The zero-order valence-corrected chi connectivity index (χ0v) is 12.5. The van der Waals surface area contributed by atoms with Gasteiger partial charge >= 0.3 is 6.03 Å². The number of aromatic nitrogens is 2. The first-order valence-corrected chi connectivity index (χ1v) is 7.51. The third-order valence-electron chi connectivity index (χ3n) is 3.61. The second kappa shape index (κ2) is 6.60. The average molecular weight is 316 g/mol. The van der Waals surface area contributed by atoms with E-state index in [1.54, 1.807) is 18.2 Å². The predicted octanol–water partition coefficient (Wildman–Crippen LogP) is 2.08. The predicted molar refractivity (Wildman–Crippen MR) is 83.9 cm³/mol. The molecule has 2 N–H and O–H groups in total. The highest BCUT2D eigenvalue weighted by molar-refractivity contribution is 5.89. The van der Waals surface area contributed by atoms with Gasteiger partial charge in [0.25, 0.3) is 5.56 Å². The van der Waals surface area contributed by atoms with Crippen molar-refractivity contribution in [1.82, 2.24) is 15.1 Å². The van der Waals surface area contributed by atoms with Crippen LogP contribution in [0.15, 0.2) is 41.2 Å². The van der Waals surface area contributed by atoms with Crippen LogP contribution >= 0.6 is 0 Å². The first-order chi connectivity index (χ1) is 11.1. The summed E-state index contributed by atoms with van der Waals surface area (Å²) in [6.07, 6.45) is 2.21. The Hall–Kier alpha value is -2.70. The lowest BCUT2D eigenvalue weighted by Gasteiger charge is -2.09. The number of rotatable bonds is 5. The van der Waals surface area contributed by atoms with Crippen molar-refractivity contribution in [2.24, 2.45) is 0 Å². The van der Waals surface area contributed by atoms with Crippen LogP contribution < -0.4 is 16.2 Å². The second-order valence-electron chi connectivity index (χ2n) is 5.45. The molecule has 0 bridgehead atoms. The van der Waals surface area contributed by atoms with Crippen molar-refractivity contribution in [3.05, 3.63) is 58.3 Å². The third-order valence-corrected chi connectivity index (χ3v) is 3.61. The Balaban J connectivity index is 1.53. The number of anilines is 1. The standard InChI is InChI=1S/C16H17FN4O2/c17-12-3-1-2-4-14(12)19-16(23)18-9-10-21-15(22)8-7-13(20-21)11-5-6-11/h1-4,7-8,11H,5-6,9-10H2,(H2,18,19,23). The van der Waals surface area contributed by atoms with Gasteiger partial charge in [-0.1, -0.05) is 12.1 Å².